The van der Waals surface area contributed by atoms with E-state index in [4.69, 9.17) is 0 Å². The largest absolute Gasteiger partial charge is 0.298 e. The number of anilines is 2. The predicted octanol–water partition coefficient (Wildman–Crippen LogP) is 5.11. The summed E-state index contributed by atoms with van der Waals surface area (Å²) in [4.78, 5) is 17.1. The van der Waals surface area contributed by atoms with Crippen molar-refractivity contribution in [1.29, 1.82) is 0 Å². The fourth-order valence-corrected chi connectivity index (χ4v) is 5.11. The average Bonchev–Trinajstić information content (AvgIpc) is 3.10. The monoisotopic (exact) mass is 455 g/mol. The van der Waals surface area contributed by atoms with E-state index in [9.17, 15) is 17.6 Å². The molecule has 0 unspecified atom stereocenters. The quantitative estimate of drug-likeness (QED) is 0.438. The molecule has 0 fully saturated rings. The number of thiazole rings is 1. The molecule has 1 heterocycles. The summed E-state index contributed by atoms with van der Waals surface area (Å²) < 4.78 is 41.5. The lowest BCUT2D eigenvalue weighted by atomic mass is 10.1. The number of amides is 1. The van der Waals surface area contributed by atoms with Crippen molar-refractivity contribution in [2.45, 2.75) is 18.7 Å². The van der Waals surface area contributed by atoms with Crippen LogP contribution in [0.5, 0.6) is 0 Å². The number of nitrogens with one attached hydrogen (secondary N) is 2. The Labute approximate surface area is 182 Å². The Hall–Kier alpha value is -3.30. The number of benzene rings is 3. The second-order valence-electron chi connectivity index (χ2n) is 7.04. The molecule has 9 heteroatoms. The molecule has 0 aliphatic heterocycles. The molecule has 0 aliphatic carbocycles. The van der Waals surface area contributed by atoms with Crippen molar-refractivity contribution in [2.24, 2.45) is 0 Å². The Morgan fingerprint density at radius 1 is 1.03 bits per heavy atom. The van der Waals surface area contributed by atoms with Crippen LogP contribution in [0.2, 0.25) is 0 Å². The molecule has 0 atom stereocenters. The second-order valence-corrected chi connectivity index (χ2v) is 9.72. The van der Waals surface area contributed by atoms with Gasteiger partial charge in [0.25, 0.3) is 15.9 Å². The molecule has 1 aromatic heterocycles. The number of nitrogens with zero attached hydrogens (tertiary/aromatic N) is 1. The normalized spacial score (nSPS) is 11.5. The van der Waals surface area contributed by atoms with E-state index in [-0.39, 0.29) is 16.1 Å². The minimum absolute atomic E-state index is 0.0797. The van der Waals surface area contributed by atoms with Crippen LogP contribution >= 0.6 is 11.3 Å². The first-order chi connectivity index (χ1) is 14.7. The Balaban J connectivity index is 1.54. The molecule has 0 radical (unpaired) electrons. The molecule has 6 nitrogen and oxygen atoms in total. The fourth-order valence-electron chi connectivity index (χ4n) is 3.15. The third-order valence-electron chi connectivity index (χ3n) is 4.54. The Bertz CT molecular complexity index is 1400. The molecule has 0 bridgehead atoms. The minimum atomic E-state index is -3.92. The van der Waals surface area contributed by atoms with Gasteiger partial charge in [0.15, 0.2) is 5.13 Å². The Morgan fingerprint density at radius 3 is 2.52 bits per heavy atom. The van der Waals surface area contributed by atoms with Gasteiger partial charge in [-0.1, -0.05) is 23.5 Å². The van der Waals surface area contributed by atoms with Crippen LogP contribution in [0.3, 0.4) is 0 Å². The van der Waals surface area contributed by atoms with Crippen LogP contribution in [0.1, 0.15) is 21.5 Å². The highest BCUT2D eigenvalue weighted by Gasteiger charge is 2.16. The maximum atomic E-state index is 13.1. The molecule has 0 spiro atoms. The molecule has 4 rings (SSSR count). The van der Waals surface area contributed by atoms with E-state index in [0.717, 1.165) is 33.5 Å². The number of carbonyl (C=O) groups is 1. The van der Waals surface area contributed by atoms with Crippen molar-refractivity contribution in [3.05, 3.63) is 83.2 Å². The summed E-state index contributed by atoms with van der Waals surface area (Å²) in [6.45, 7) is 3.98. The van der Waals surface area contributed by atoms with E-state index in [1.165, 1.54) is 35.6 Å². The molecule has 0 saturated carbocycles. The third-order valence-corrected chi connectivity index (χ3v) is 7.06. The zero-order valence-corrected chi connectivity index (χ0v) is 18.3. The van der Waals surface area contributed by atoms with Gasteiger partial charge in [-0.25, -0.2) is 17.8 Å². The average molecular weight is 456 g/mol. The van der Waals surface area contributed by atoms with Gasteiger partial charge in [-0.3, -0.25) is 14.8 Å². The van der Waals surface area contributed by atoms with Crippen molar-refractivity contribution in [1.82, 2.24) is 4.98 Å². The first-order valence-electron chi connectivity index (χ1n) is 9.29. The smallest absolute Gasteiger partial charge is 0.261 e. The van der Waals surface area contributed by atoms with Crippen molar-refractivity contribution < 1.29 is 17.6 Å². The first kappa shape index (κ1) is 21.0. The van der Waals surface area contributed by atoms with Gasteiger partial charge >= 0.3 is 0 Å². The van der Waals surface area contributed by atoms with E-state index >= 15 is 0 Å². The molecule has 3 aromatic carbocycles. The number of carbonyl (C=O) groups excluding carboxylic acids is 1. The summed E-state index contributed by atoms with van der Waals surface area (Å²) in [5, 5.41) is 3.24. The number of hydrogen-bond donors (Lipinski definition) is 2. The van der Waals surface area contributed by atoms with E-state index in [1.807, 2.05) is 19.9 Å². The highest BCUT2D eigenvalue weighted by atomic mass is 32.2. The number of aromatic nitrogens is 1. The summed E-state index contributed by atoms with van der Waals surface area (Å²) >= 11 is 1.38. The summed E-state index contributed by atoms with van der Waals surface area (Å²) in [7, 11) is -3.92. The van der Waals surface area contributed by atoms with E-state index < -0.39 is 21.7 Å². The third kappa shape index (κ3) is 4.57. The van der Waals surface area contributed by atoms with Crippen LogP contribution in [0.4, 0.5) is 15.2 Å². The summed E-state index contributed by atoms with van der Waals surface area (Å²) in [5.74, 6) is -0.936. The molecular formula is C22H18FN3O3S2. The zero-order valence-electron chi connectivity index (χ0n) is 16.6. The van der Waals surface area contributed by atoms with Gasteiger partial charge in [0, 0.05) is 11.3 Å². The van der Waals surface area contributed by atoms with Crippen LogP contribution in [0, 0.1) is 19.7 Å². The van der Waals surface area contributed by atoms with Crippen molar-refractivity contribution >= 4 is 48.3 Å². The lowest BCUT2D eigenvalue weighted by molar-refractivity contribution is 0.102. The molecule has 31 heavy (non-hydrogen) atoms. The molecule has 4 aromatic rings. The van der Waals surface area contributed by atoms with E-state index in [2.05, 4.69) is 21.1 Å². The van der Waals surface area contributed by atoms with Gasteiger partial charge in [0.1, 0.15) is 5.82 Å². The number of halogens is 1. The van der Waals surface area contributed by atoms with Gasteiger partial charge in [-0.15, -0.1) is 0 Å². The van der Waals surface area contributed by atoms with Crippen LogP contribution < -0.4 is 10.0 Å². The summed E-state index contributed by atoms with van der Waals surface area (Å²) in [6.07, 6.45) is 0. The van der Waals surface area contributed by atoms with Crippen LogP contribution in [-0.2, 0) is 10.0 Å². The predicted molar refractivity (Wildman–Crippen MR) is 121 cm³/mol. The van der Waals surface area contributed by atoms with Gasteiger partial charge in [-0.2, -0.15) is 0 Å². The van der Waals surface area contributed by atoms with Gasteiger partial charge in [0.05, 0.1) is 15.1 Å². The van der Waals surface area contributed by atoms with Gasteiger partial charge in [-0.05, 0) is 73.5 Å². The second kappa shape index (κ2) is 8.09. The topological polar surface area (TPSA) is 88.2 Å². The fraction of sp³-hybridized carbons (Fsp3) is 0.0909. The maximum Gasteiger partial charge on any atom is 0.261 e. The van der Waals surface area contributed by atoms with Gasteiger partial charge < -0.3 is 0 Å². The molecule has 158 valence electrons. The molecule has 0 saturated heterocycles. The number of sulfonamides is 1. The lowest BCUT2D eigenvalue weighted by Gasteiger charge is -2.09. The first-order valence-corrected chi connectivity index (χ1v) is 11.6. The standard InChI is InChI=1S/C22H18FN3O3S2/c1-13-10-14(2)20-19(11-13)24-22(30-20)25-21(27)15-4-3-5-17(12-15)26-31(28,29)18-8-6-16(23)7-9-18/h3-12,26H,1-2H3,(H,24,25,27). The number of aryl methyl sites for hydroxylation is 2. The Kier molecular flexibility index (Phi) is 5.47. The van der Waals surface area contributed by atoms with Gasteiger partial charge in [0.2, 0.25) is 0 Å². The highest BCUT2D eigenvalue weighted by molar-refractivity contribution is 7.92. The number of fused-ring (bicyclic) bond motifs is 1. The van der Waals surface area contributed by atoms with Crippen LogP contribution in [-0.4, -0.2) is 19.3 Å². The number of rotatable bonds is 5. The van der Waals surface area contributed by atoms with Crippen LogP contribution in [0.15, 0.2) is 65.6 Å². The molecular weight excluding hydrogens is 437 g/mol. The lowest BCUT2D eigenvalue weighted by Crippen LogP contribution is -2.15. The molecule has 2 N–H and O–H groups in total. The summed E-state index contributed by atoms with van der Waals surface area (Å²) in [6, 6.07) is 14.6. The van der Waals surface area contributed by atoms with E-state index in [0.29, 0.717) is 5.13 Å². The Morgan fingerprint density at radius 2 is 1.77 bits per heavy atom. The van der Waals surface area contributed by atoms with E-state index in [1.54, 1.807) is 12.1 Å². The van der Waals surface area contributed by atoms with Crippen molar-refractivity contribution in [3.8, 4) is 0 Å². The van der Waals surface area contributed by atoms with Crippen molar-refractivity contribution in [3.63, 3.8) is 0 Å². The maximum absolute atomic E-state index is 13.1. The number of hydrogen-bond acceptors (Lipinski definition) is 5. The van der Waals surface area contributed by atoms with Crippen LogP contribution in [0.25, 0.3) is 10.2 Å². The zero-order chi connectivity index (χ0) is 22.2. The molecule has 1 amide bonds. The van der Waals surface area contributed by atoms with Crippen molar-refractivity contribution in [2.75, 3.05) is 10.0 Å². The SMILES string of the molecule is Cc1cc(C)c2sc(NC(=O)c3cccc(NS(=O)(=O)c4ccc(F)cc4)c3)nc2c1. The summed E-state index contributed by atoms with van der Waals surface area (Å²) in [5.41, 5.74) is 3.48. The molecule has 0 aliphatic rings. The highest BCUT2D eigenvalue weighted by Crippen LogP contribution is 2.30. The minimum Gasteiger partial charge on any atom is -0.298 e.